The van der Waals surface area contributed by atoms with Crippen LogP contribution >= 0.6 is 24.0 Å². The fourth-order valence-electron chi connectivity index (χ4n) is 2.25. The van der Waals surface area contributed by atoms with Gasteiger partial charge in [-0.3, -0.25) is 4.99 Å². The molecular formula is C15H21F3IN3O2. The predicted octanol–water partition coefficient (Wildman–Crippen LogP) is 2.29. The first-order valence-electron chi connectivity index (χ1n) is 7.44. The molecule has 3 N–H and O–H groups in total. The Morgan fingerprint density at radius 2 is 2.00 bits per heavy atom. The SMILES string of the molecule is I.OCC(CNC1=NCCCN1)Cc1ccc(OC(F)(F)F)cc1. The Morgan fingerprint density at radius 1 is 1.29 bits per heavy atom. The number of rotatable bonds is 6. The fourth-order valence-corrected chi connectivity index (χ4v) is 2.25. The highest BCUT2D eigenvalue weighted by Gasteiger charge is 2.30. The van der Waals surface area contributed by atoms with Gasteiger partial charge in [0.05, 0.1) is 0 Å². The lowest BCUT2D eigenvalue weighted by Gasteiger charge is -2.20. The molecule has 1 aliphatic heterocycles. The zero-order chi connectivity index (χ0) is 16.7. The fraction of sp³-hybridized carbons (Fsp3) is 0.533. The van der Waals surface area contributed by atoms with Crippen molar-refractivity contribution in [3.63, 3.8) is 0 Å². The van der Waals surface area contributed by atoms with Gasteiger partial charge in [-0.2, -0.15) is 0 Å². The van der Waals surface area contributed by atoms with Gasteiger partial charge in [-0.05, 0) is 30.5 Å². The van der Waals surface area contributed by atoms with Crippen molar-refractivity contribution in [2.75, 3.05) is 26.2 Å². The number of nitrogens with zero attached hydrogens (tertiary/aromatic N) is 1. The van der Waals surface area contributed by atoms with E-state index in [0.29, 0.717) is 13.0 Å². The number of aliphatic imine (C=N–C) groups is 1. The predicted molar refractivity (Wildman–Crippen MR) is 95.7 cm³/mol. The molecule has 0 radical (unpaired) electrons. The average Bonchev–Trinajstić information content (AvgIpc) is 2.52. The summed E-state index contributed by atoms with van der Waals surface area (Å²) in [5, 5.41) is 15.7. The molecule has 9 heteroatoms. The summed E-state index contributed by atoms with van der Waals surface area (Å²) in [5.74, 6) is 0.417. The standard InChI is InChI=1S/C15H20F3N3O2.HI/c16-15(17,18)23-13-4-2-11(3-5-13)8-12(10-22)9-21-14-19-6-1-7-20-14;/h2-5,12,22H,1,6-10H2,(H2,19,20,21);1H. The van der Waals surface area contributed by atoms with Gasteiger partial charge in [0, 0.05) is 32.2 Å². The van der Waals surface area contributed by atoms with Gasteiger partial charge < -0.3 is 20.5 Å². The second-order valence-corrected chi connectivity index (χ2v) is 5.34. The molecule has 1 heterocycles. The Labute approximate surface area is 155 Å². The normalized spacial score (nSPS) is 15.6. The Bertz CT molecular complexity index is 524. The number of ether oxygens (including phenoxy) is 1. The van der Waals surface area contributed by atoms with E-state index in [4.69, 9.17) is 0 Å². The molecule has 0 saturated carbocycles. The highest BCUT2D eigenvalue weighted by atomic mass is 127. The minimum absolute atomic E-state index is 0. The number of aliphatic hydroxyl groups is 1. The first-order chi connectivity index (χ1) is 11.0. The molecule has 2 rings (SSSR count). The number of halogens is 4. The lowest BCUT2D eigenvalue weighted by Crippen LogP contribution is -2.43. The highest BCUT2D eigenvalue weighted by molar-refractivity contribution is 14.0. The number of hydrogen-bond donors (Lipinski definition) is 3. The minimum atomic E-state index is -4.69. The van der Waals surface area contributed by atoms with Gasteiger partial charge in [0.1, 0.15) is 5.75 Å². The molecule has 0 bridgehead atoms. The third-order valence-corrected chi connectivity index (χ3v) is 3.39. The summed E-state index contributed by atoms with van der Waals surface area (Å²) in [4.78, 5) is 4.28. The number of aliphatic hydroxyl groups excluding tert-OH is 1. The van der Waals surface area contributed by atoms with Gasteiger partial charge in [0.15, 0.2) is 5.96 Å². The average molecular weight is 459 g/mol. The smallest absolute Gasteiger partial charge is 0.406 e. The summed E-state index contributed by atoms with van der Waals surface area (Å²) >= 11 is 0. The first kappa shape index (κ1) is 20.8. The molecule has 1 unspecified atom stereocenters. The molecule has 1 aromatic rings. The summed E-state index contributed by atoms with van der Waals surface area (Å²) < 4.78 is 40.1. The van der Waals surface area contributed by atoms with Gasteiger partial charge in [0.2, 0.25) is 0 Å². The molecule has 136 valence electrons. The third-order valence-electron chi connectivity index (χ3n) is 3.39. The summed E-state index contributed by atoms with van der Waals surface area (Å²) in [5.41, 5.74) is 0.832. The maximum absolute atomic E-state index is 12.1. The van der Waals surface area contributed by atoms with Crippen molar-refractivity contribution in [2.45, 2.75) is 19.2 Å². The summed E-state index contributed by atoms with van der Waals surface area (Å²) in [6, 6.07) is 5.69. The van der Waals surface area contributed by atoms with Crippen LogP contribution in [-0.4, -0.2) is 43.7 Å². The molecule has 0 spiro atoms. The van der Waals surface area contributed by atoms with Crippen LogP contribution in [0.3, 0.4) is 0 Å². The lowest BCUT2D eigenvalue weighted by molar-refractivity contribution is -0.274. The lowest BCUT2D eigenvalue weighted by atomic mass is 10.00. The van der Waals surface area contributed by atoms with E-state index < -0.39 is 6.36 Å². The van der Waals surface area contributed by atoms with Crippen molar-refractivity contribution in [1.82, 2.24) is 10.6 Å². The number of benzene rings is 1. The second kappa shape index (κ2) is 9.92. The van der Waals surface area contributed by atoms with E-state index in [9.17, 15) is 18.3 Å². The van der Waals surface area contributed by atoms with Crippen LogP contribution in [0.2, 0.25) is 0 Å². The first-order valence-corrected chi connectivity index (χ1v) is 7.44. The van der Waals surface area contributed by atoms with Crippen LogP contribution in [0.5, 0.6) is 5.75 Å². The van der Waals surface area contributed by atoms with Crippen LogP contribution in [-0.2, 0) is 6.42 Å². The molecule has 0 amide bonds. The molecule has 1 aliphatic rings. The van der Waals surface area contributed by atoms with Crippen molar-refractivity contribution in [2.24, 2.45) is 10.9 Å². The molecule has 24 heavy (non-hydrogen) atoms. The maximum atomic E-state index is 12.1. The van der Waals surface area contributed by atoms with Crippen molar-refractivity contribution in [3.05, 3.63) is 29.8 Å². The van der Waals surface area contributed by atoms with Crippen molar-refractivity contribution in [1.29, 1.82) is 0 Å². The van der Waals surface area contributed by atoms with E-state index in [1.165, 1.54) is 12.1 Å². The van der Waals surface area contributed by atoms with Crippen molar-refractivity contribution < 1.29 is 23.0 Å². The van der Waals surface area contributed by atoms with Gasteiger partial charge in [-0.1, -0.05) is 12.1 Å². The summed E-state index contributed by atoms with van der Waals surface area (Å²) in [7, 11) is 0. The zero-order valence-corrected chi connectivity index (χ0v) is 15.3. The Balaban J connectivity index is 0.00000288. The van der Waals surface area contributed by atoms with E-state index in [2.05, 4.69) is 20.4 Å². The molecular weight excluding hydrogens is 438 g/mol. The number of alkyl halides is 3. The van der Waals surface area contributed by atoms with Gasteiger partial charge >= 0.3 is 6.36 Å². The maximum Gasteiger partial charge on any atom is 0.573 e. The van der Waals surface area contributed by atoms with Crippen LogP contribution < -0.4 is 15.4 Å². The third kappa shape index (κ3) is 7.56. The van der Waals surface area contributed by atoms with Gasteiger partial charge in [-0.25, -0.2) is 0 Å². The monoisotopic (exact) mass is 459 g/mol. The Morgan fingerprint density at radius 3 is 2.54 bits per heavy atom. The molecule has 0 fully saturated rings. The van der Waals surface area contributed by atoms with Crippen molar-refractivity contribution in [3.8, 4) is 5.75 Å². The van der Waals surface area contributed by atoms with E-state index in [-0.39, 0.29) is 42.3 Å². The van der Waals surface area contributed by atoms with E-state index in [1.807, 2.05) is 0 Å². The molecule has 0 aliphatic carbocycles. The number of hydrogen-bond acceptors (Lipinski definition) is 5. The Hall–Kier alpha value is -1.23. The molecule has 0 saturated heterocycles. The molecule has 1 atom stereocenters. The number of guanidine groups is 1. The molecule has 1 aromatic carbocycles. The zero-order valence-electron chi connectivity index (χ0n) is 13.0. The van der Waals surface area contributed by atoms with E-state index in [1.54, 1.807) is 12.1 Å². The van der Waals surface area contributed by atoms with Crippen LogP contribution in [0.25, 0.3) is 0 Å². The van der Waals surface area contributed by atoms with Gasteiger partial charge in [0.25, 0.3) is 0 Å². The van der Waals surface area contributed by atoms with Crippen LogP contribution in [0, 0.1) is 5.92 Å². The second-order valence-electron chi connectivity index (χ2n) is 5.34. The quantitative estimate of drug-likeness (QED) is 0.572. The summed E-state index contributed by atoms with van der Waals surface area (Å²) in [6.07, 6.45) is -3.14. The molecule has 0 aromatic heterocycles. The highest BCUT2D eigenvalue weighted by Crippen LogP contribution is 2.23. The summed E-state index contributed by atoms with van der Waals surface area (Å²) in [6.45, 7) is 2.15. The Kier molecular flexibility index (Phi) is 8.60. The van der Waals surface area contributed by atoms with Crippen molar-refractivity contribution >= 4 is 29.9 Å². The number of nitrogens with one attached hydrogen (secondary N) is 2. The van der Waals surface area contributed by atoms with E-state index in [0.717, 1.165) is 31.0 Å². The largest absolute Gasteiger partial charge is 0.573 e. The van der Waals surface area contributed by atoms with Crippen LogP contribution in [0.4, 0.5) is 13.2 Å². The van der Waals surface area contributed by atoms with Crippen LogP contribution in [0.1, 0.15) is 12.0 Å². The molecule has 5 nitrogen and oxygen atoms in total. The van der Waals surface area contributed by atoms with Gasteiger partial charge in [-0.15, -0.1) is 37.1 Å². The minimum Gasteiger partial charge on any atom is -0.406 e. The van der Waals surface area contributed by atoms with E-state index >= 15 is 0 Å². The van der Waals surface area contributed by atoms with Crippen LogP contribution in [0.15, 0.2) is 29.3 Å². The topological polar surface area (TPSA) is 65.9 Å².